The van der Waals surface area contributed by atoms with Crippen molar-refractivity contribution in [1.82, 2.24) is 15.2 Å². The van der Waals surface area contributed by atoms with Gasteiger partial charge in [-0.3, -0.25) is 0 Å². The highest BCUT2D eigenvalue weighted by molar-refractivity contribution is 5.85. The minimum absolute atomic E-state index is 0.207. The van der Waals surface area contributed by atoms with Crippen LogP contribution in [0.4, 0.5) is 0 Å². The van der Waals surface area contributed by atoms with Crippen LogP contribution in [0.25, 0.3) is 22.3 Å². The van der Waals surface area contributed by atoms with Crippen molar-refractivity contribution in [3.05, 3.63) is 41.6 Å². The topological polar surface area (TPSA) is 87.8 Å². The Balaban J connectivity index is 1.90. The normalized spacial score (nSPS) is 17.9. The molecule has 4 N–H and O–H groups in total. The molecule has 2 aromatic heterocycles. The van der Waals surface area contributed by atoms with Gasteiger partial charge in [-0.05, 0) is 43.0 Å². The van der Waals surface area contributed by atoms with Crippen LogP contribution in [0.1, 0.15) is 17.7 Å². The maximum Gasteiger partial charge on any atom is 0.160 e. The van der Waals surface area contributed by atoms with E-state index in [4.69, 9.17) is 5.73 Å². The number of nitrogens with zero attached hydrogens (tertiary/aromatic N) is 2. The molecule has 3 aromatic rings. The first-order chi connectivity index (χ1) is 10.2. The van der Waals surface area contributed by atoms with Crippen molar-refractivity contribution in [2.75, 3.05) is 0 Å². The Kier molecular flexibility index (Phi) is 2.68. The largest absolute Gasteiger partial charge is 0.507 e. The molecule has 0 bridgehead atoms. The van der Waals surface area contributed by atoms with Crippen LogP contribution >= 0.6 is 0 Å². The minimum atomic E-state index is 0.207. The van der Waals surface area contributed by atoms with Gasteiger partial charge in [0.1, 0.15) is 5.75 Å². The number of fused-ring (bicyclic) bond motifs is 3. The van der Waals surface area contributed by atoms with E-state index in [1.165, 1.54) is 11.3 Å². The maximum atomic E-state index is 9.97. The minimum Gasteiger partial charge on any atom is -0.507 e. The summed E-state index contributed by atoms with van der Waals surface area (Å²) in [5, 5.41) is 19.5. The predicted octanol–water partition coefficient (Wildman–Crippen LogP) is 2.15. The monoisotopic (exact) mass is 280 g/mol. The van der Waals surface area contributed by atoms with Crippen LogP contribution in [-0.4, -0.2) is 26.3 Å². The number of phenols is 1. The van der Waals surface area contributed by atoms with Gasteiger partial charge in [0.15, 0.2) is 5.65 Å². The van der Waals surface area contributed by atoms with Crippen molar-refractivity contribution in [2.24, 2.45) is 5.73 Å². The smallest absolute Gasteiger partial charge is 0.160 e. The van der Waals surface area contributed by atoms with Crippen molar-refractivity contribution >= 4 is 11.0 Å². The molecule has 106 valence electrons. The molecule has 1 aromatic carbocycles. The van der Waals surface area contributed by atoms with Gasteiger partial charge in [0.05, 0.1) is 5.69 Å². The average Bonchev–Trinajstić information content (AvgIpc) is 2.85. The lowest BCUT2D eigenvalue weighted by Gasteiger charge is -2.17. The Hall–Kier alpha value is -2.40. The van der Waals surface area contributed by atoms with Crippen LogP contribution in [0, 0.1) is 0 Å². The number of aryl methyl sites for hydroxylation is 1. The Labute approximate surface area is 121 Å². The summed E-state index contributed by atoms with van der Waals surface area (Å²) in [4.78, 5) is 3.34. The maximum absolute atomic E-state index is 9.97. The number of hydrogen-bond donors (Lipinski definition) is 3. The number of hydrogen-bond acceptors (Lipinski definition) is 4. The van der Waals surface area contributed by atoms with Crippen molar-refractivity contribution in [1.29, 1.82) is 0 Å². The van der Waals surface area contributed by atoms with Crippen LogP contribution in [0.15, 0.2) is 30.3 Å². The Bertz CT molecular complexity index is 824. The fourth-order valence-corrected chi connectivity index (χ4v) is 3.06. The molecule has 21 heavy (non-hydrogen) atoms. The molecule has 0 radical (unpaired) electrons. The second kappa shape index (κ2) is 4.56. The molecule has 1 aliphatic rings. The van der Waals surface area contributed by atoms with Gasteiger partial charge in [0.25, 0.3) is 0 Å². The standard InChI is InChI=1S/C16H16N4O/c17-9-5-6-13-11(7-9)12-8-14(19-20-16(12)18-13)10-3-1-2-4-15(10)21/h1-4,8-9,21H,5-7,17H2,(H,18,20)/t9-/m0/s1. The number of nitrogens with two attached hydrogens (primary N) is 1. The number of phenolic OH excluding ortho intramolecular Hbond substituents is 1. The van der Waals surface area contributed by atoms with E-state index in [1.807, 2.05) is 18.2 Å². The molecular formula is C16H16N4O. The molecule has 5 heteroatoms. The van der Waals surface area contributed by atoms with E-state index < -0.39 is 0 Å². The Morgan fingerprint density at radius 3 is 2.95 bits per heavy atom. The first-order valence-corrected chi connectivity index (χ1v) is 7.13. The van der Waals surface area contributed by atoms with Gasteiger partial charge in [-0.25, -0.2) is 0 Å². The van der Waals surface area contributed by atoms with E-state index in [2.05, 4.69) is 15.2 Å². The summed E-state index contributed by atoms with van der Waals surface area (Å²) < 4.78 is 0. The summed E-state index contributed by atoms with van der Waals surface area (Å²) in [6.07, 6.45) is 2.82. The Morgan fingerprint density at radius 1 is 1.24 bits per heavy atom. The first kappa shape index (κ1) is 12.3. The second-order valence-corrected chi connectivity index (χ2v) is 5.59. The molecular weight excluding hydrogens is 264 g/mol. The number of aromatic nitrogens is 3. The molecule has 0 aliphatic heterocycles. The van der Waals surface area contributed by atoms with E-state index >= 15 is 0 Å². The molecule has 0 saturated carbocycles. The number of rotatable bonds is 1. The van der Waals surface area contributed by atoms with Crippen molar-refractivity contribution < 1.29 is 5.11 Å². The molecule has 0 spiro atoms. The third kappa shape index (κ3) is 1.97. The van der Waals surface area contributed by atoms with Gasteiger partial charge in [-0.1, -0.05) is 12.1 Å². The van der Waals surface area contributed by atoms with Crippen molar-refractivity contribution in [3.63, 3.8) is 0 Å². The quantitative estimate of drug-likeness (QED) is 0.637. The number of aromatic hydroxyl groups is 1. The summed E-state index contributed by atoms with van der Waals surface area (Å²) in [5.41, 5.74) is 10.7. The fraction of sp³-hybridized carbons (Fsp3) is 0.250. The highest BCUT2D eigenvalue weighted by atomic mass is 16.3. The molecule has 1 atom stereocenters. The third-order valence-electron chi connectivity index (χ3n) is 4.16. The number of H-pyrrole nitrogens is 1. The lowest BCUT2D eigenvalue weighted by molar-refractivity contribution is 0.477. The number of benzene rings is 1. The first-order valence-electron chi connectivity index (χ1n) is 7.13. The summed E-state index contributed by atoms with van der Waals surface area (Å²) in [7, 11) is 0. The van der Waals surface area contributed by atoms with Gasteiger partial charge < -0.3 is 15.8 Å². The second-order valence-electron chi connectivity index (χ2n) is 5.59. The lowest BCUT2D eigenvalue weighted by Crippen LogP contribution is -2.27. The number of nitrogens with one attached hydrogen (secondary N) is 1. The van der Waals surface area contributed by atoms with E-state index in [0.29, 0.717) is 11.3 Å². The van der Waals surface area contributed by atoms with E-state index in [9.17, 15) is 5.11 Å². The zero-order valence-electron chi connectivity index (χ0n) is 11.5. The van der Waals surface area contributed by atoms with Gasteiger partial charge in [-0.2, -0.15) is 0 Å². The van der Waals surface area contributed by atoms with Gasteiger partial charge in [0.2, 0.25) is 0 Å². The van der Waals surface area contributed by atoms with Crippen molar-refractivity contribution in [2.45, 2.75) is 25.3 Å². The average molecular weight is 280 g/mol. The van der Waals surface area contributed by atoms with Crippen LogP contribution in [0.5, 0.6) is 5.75 Å². The molecule has 0 fully saturated rings. The summed E-state index contributed by atoms with van der Waals surface area (Å²) in [6, 6.07) is 9.37. The molecule has 4 rings (SSSR count). The predicted molar refractivity (Wildman–Crippen MR) is 81.0 cm³/mol. The summed E-state index contributed by atoms with van der Waals surface area (Å²) in [5.74, 6) is 0.215. The summed E-state index contributed by atoms with van der Waals surface area (Å²) in [6.45, 7) is 0. The Morgan fingerprint density at radius 2 is 2.10 bits per heavy atom. The van der Waals surface area contributed by atoms with E-state index in [-0.39, 0.29) is 11.8 Å². The zero-order chi connectivity index (χ0) is 14.4. The van der Waals surface area contributed by atoms with E-state index in [1.54, 1.807) is 12.1 Å². The van der Waals surface area contributed by atoms with Crippen LogP contribution in [0.3, 0.4) is 0 Å². The van der Waals surface area contributed by atoms with Crippen molar-refractivity contribution in [3.8, 4) is 17.0 Å². The van der Waals surface area contributed by atoms with Crippen LogP contribution < -0.4 is 5.73 Å². The van der Waals surface area contributed by atoms with Crippen LogP contribution in [-0.2, 0) is 12.8 Å². The molecule has 0 saturated heterocycles. The molecule has 0 amide bonds. The zero-order valence-corrected chi connectivity index (χ0v) is 11.5. The highest BCUT2D eigenvalue weighted by Crippen LogP contribution is 2.32. The van der Waals surface area contributed by atoms with E-state index in [0.717, 1.165) is 30.3 Å². The SMILES string of the molecule is N[C@H]1CCc2[nH]c3nnc(-c4ccccc4O)cc3c2C1. The van der Waals surface area contributed by atoms with Crippen LogP contribution in [0.2, 0.25) is 0 Å². The number of aromatic amines is 1. The summed E-state index contributed by atoms with van der Waals surface area (Å²) >= 11 is 0. The number of para-hydroxylation sites is 1. The van der Waals surface area contributed by atoms with Gasteiger partial charge >= 0.3 is 0 Å². The third-order valence-corrected chi connectivity index (χ3v) is 4.16. The lowest BCUT2D eigenvalue weighted by atomic mass is 9.92. The molecule has 2 heterocycles. The molecule has 5 nitrogen and oxygen atoms in total. The highest BCUT2D eigenvalue weighted by Gasteiger charge is 2.21. The van der Waals surface area contributed by atoms with Gasteiger partial charge in [0, 0.05) is 22.7 Å². The fourth-order valence-electron chi connectivity index (χ4n) is 3.06. The van der Waals surface area contributed by atoms with Gasteiger partial charge in [-0.15, -0.1) is 10.2 Å². The molecule has 1 aliphatic carbocycles. The molecule has 0 unspecified atom stereocenters.